The van der Waals surface area contributed by atoms with Crippen molar-refractivity contribution in [1.82, 2.24) is 4.31 Å². The van der Waals surface area contributed by atoms with Gasteiger partial charge in [-0.1, -0.05) is 25.0 Å². The highest BCUT2D eigenvalue weighted by Gasteiger charge is 2.33. The van der Waals surface area contributed by atoms with Gasteiger partial charge < -0.3 is 5.11 Å². The van der Waals surface area contributed by atoms with Gasteiger partial charge in [-0.3, -0.25) is 0 Å². The molecule has 1 aromatic rings. The van der Waals surface area contributed by atoms with E-state index in [1.165, 1.54) is 4.31 Å². The summed E-state index contributed by atoms with van der Waals surface area (Å²) in [5.41, 5.74) is 1.70. The molecule has 1 aromatic carbocycles. The molecule has 0 aromatic heterocycles. The maximum absolute atomic E-state index is 12.9. The van der Waals surface area contributed by atoms with Crippen LogP contribution in [-0.2, 0) is 10.0 Å². The molecule has 0 radical (unpaired) electrons. The molecule has 0 aliphatic heterocycles. The van der Waals surface area contributed by atoms with Crippen LogP contribution >= 0.6 is 0 Å². The Balaban J connectivity index is 2.41. The Kier molecular flexibility index (Phi) is 4.83. The molecule has 0 amide bonds. The molecular formula is C15H23NO3S. The first-order valence-electron chi connectivity index (χ1n) is 7.17. The number of aliphatic hydroxyl groups excluding tert-OH is 1. The summed E-state index contributed by atoms with van der Waals surface area (Å²) >= 11 is 0. The first kappa shape index (κ1) is 15.5. The number of benzene rings is 1. The van der Waals surface area contributed by atoms with Crippen LogP contribution in [0, 0.1) is 13.8 Å². The summed E-state index contributed by atoms with van der Waals surface area (Å²) in [6.45, 7) is 3.75. The number of rotatable bonds is 5. The van der Waals surface area contributed by atoms with E-state index in [-0.39, 0.29) is 19.2 Å². The average molecular weight is 297 g/mol. The van der Waals surface area contributed by atoms with Gasteiger partial charge in [0.05, 0.1) is 11.5 Å². The first-order chi connectivity index (χ1) is 9.46. The Hall–Kier alpha value is -0.910. The van der Waals surface area contributed by atoms with E-state index in [1.807, 2.05) is 26.0 Å². The van der Waals surface area contributed by atoms with Gasteiger partial charge in [0.2, 0.25) is 10.0 Å². The van der Waals surface area contributed by atoms with Crippen molar-refractivity contribution in [3.8, 4) is 0 Å². The summed E-state index contributed by atoms with van der Waals surface area (Å²) in [5.74, 6) is 0. The quantitative estimate of drug-likeness (QED) is 0.906. The van der Waals surface area contributed by atoms with Crippen LogP contribution in [0.1, 0.15) is 36.8 Å². The van der Waals surface area contributed by atoms with Crippen molar-refractivity contribution in [1.29, 1.82) is 0 Å². The van der Waals surface area contributed by atoms with Gasteiger partial charge in [0, 0.05) is 12.6 Å². The summed E-state index contributed by atoms with van der Waals surface area (Å²) in [6, 6.07) is 5.52. The third kappa shape index (κ3) is 3.05. The van der Waals surface area contributed by atoms with Gasteiger partial charge in [-0.15, -0.1) is 0 Å². The highest BCUT2D eigenvalue weighted by atomic mass is 32.2. The van der Waals surface area contributed by atoms with Gasteiger partial charge in [-0.05, 0) is 43.9 Å². The highest BCUT2D eigenvalue weighted by molar-refractivity contribution is 7.89. The molecule has 1 aliphatic rings. The van der Waals surface area contributed by atoms with E-state index in [1.54, 1.807) is 6.07 Å². The van der Waals surface area contributed by atoms with Gasteiger partial charge in [0.15, 0.2) is 0 Å². The van der Waals surface area contributed by atoms with Gasteiger partial charge >= 0.3 is 0 Å². The first-order valence-corrected chi connectivity index (χ1v) is 8.61. The number of hydrogen-bond acceptors (Lipinski definition) is 3. The van der Waals surface area contributed by atoms with Crippen molar-refractivity contribution in [2.75, 3.05) is 13.2 Å². The molecule has 1 saturated carbocycles. The minimum atomic E-state index is -3.53. The summed E-state index contributed by atoms with van der Waals surface area (Å²) in [5, 5.41) is 9.23. The van der Waals surface area contributed by atoms with Gasteiger partial charge in [-0.25, -0.2) is 8.42 Å². The number of nitrogens with zero attached hydrogens (tertiary/aromatic N) is 1. The lowest BCUT2D eigenvalue weighted by atomic mass is 10.2. The smallest absolute Gasteiger partial charge is 0.243 e. The van der Waals surface area contributed by atoms with Crippen LogP contribution in [0.5, 0.6) is 0 Å². The molecule has 112 valence electrons. The molecule has 2 rings (SSSR count). The predicted molar refractivity (Wildman–Crippen MR) is 79.1 cm³/mol. The second-order valence-electron chi connectivity index (χ2n) is 5.55. The van der Waals surface area contributed by atoms with Crippen molar-refractivity contribution >= 4 is 10.0 Å². The second-order valence-corrected chi connectivity index (χ2v) is 7.41. The van der Waals surface area contributed by atoms with E-state index >= 15 is 0 Å². The zero-order chi connectivity index (χ0) is 14.8. The Morgan fingerprint density at radius 2 is 1.90 bits per heavy atom. The fourth-order valence-corrected chi connectivity index (χ4v) is 4.89. The lowest BCUT2D eigenvalue weighted by Crippen LogP contribution is -2.40. The number of sulfonamides is 1. The van der Waals surface area contributed by atoms with Crippen LogP contribution in [-0.4, -0.2) is 37.0 Å². The lowest BCUT2D eigenvalue weighted by Gasteiger charge is -2.28. The van der Waals surface area contributed by atoms with Gasteiger partial charge in [0.1, 0.15) is 0 Å². The zero-order valence-corrected chi connectivity index (χ0v) is 13.0. The minimum Gasteiger partial charge on any atom is -0.395 e. The average Bonchev–Trinajstić information content (AvgIpc) is 2.92. The summed E-state index contributed by atoms with van der Waals surface area (Å²) in [4.78, 5) is 0.373. The van der Waals surface area contributed by atoms with Crippen molar-refractivity contribution < 1.29 is 13.5 Å². The van der Waals surface area contributed by atoms with Crippen LogP contribution in [0.4, 0.5) is 0 Å². The van der Waals surface area contributed by atoms with E-state index in [0.29, 0.717) is 4.90 Å². The highest BCUT2D eigenvalue weighted by Crippen LogP contribution is 2.29. The molecule has 0 bridgehead atoms. The van der Waals surface area contributed by atoms with E-state index in [4.69, 9.17) is 0 Å². The van der Waals surface area contributed by atoms with Crippen LogP contribution in [0.3, 0.4) is 0 Å². The molecule has 0 unspecified atom stereocenters. The second kappa shape index (κ2) is 6.24. The molecule has 20 heavy (non-hydrogen) atoms. The van der Waals surface area contributed by atoms with Crippen LogP contribution in [0.25, 0.3) is 0 Å². The van der Waals surface area contributed by atoms with E-state index in [0.717, 1.165) is 36.8 Å². The summed E-state index contributed by atoms with van der Waals surface area (Å²) in [7, 11) is -3.53. The Morgan fingerprint density at radius 3 is 2.50 bits per heavy atom. The van der Waals surface area contributed by atoms with Crippen molar-refractivity contribution in [3.63, 3.8) is 0 Å². The topological polar surface area (TPSA) is 57.6 Å². The van der Waals surface area contributed by atoms with Crippen molar-refractivity contribution in [3.05, 3.63) is 29.3 Å². The predicted octanol–water partition coefficient (Wildman–Crippen LogP) is 2.23. The molecule has 5 heteroatoms. The number of aryl methyl sites for hydroxylation is 2. The van der Waals surface area contributed by atoms with Crippen LogP contribution in [0.2, 0.25) is 0 Å². The maximum atomic E-state index is 12.9. The molecule has 0 atom stereocenters. The van der Waals surface area contributed by atoms with E-state index in [2.05, 4.69) is 0 Å². The molecule has 0 saturated heterocycles. The van der Waals surface area contributed by atoms with Crippen molar-refractivity contribution in [2.24, 2.45) is 0 Å². The summed E-state index contributed by atoms with van der Waals surface area (Å²) in [6.07, 6.45) is 3.91. The van der Waals surface area contributed by atoms with Crippen molar-refractivity contribution in [2.45, 2.75) is 50.5 Å². The molecule has 1 N–H and O–H groups in total. The minimum absolute atomic E-state index is 0.0343. The summed E-state index contributed by atoms with van der Waals surface area (Å²) < 4.78 is 27.3. The lowest BCUT2D eigenvalue weighted by molar-refractivity contribution is 0.226. The maximum Gasteiger partial charge on any atom is 0.243 e. The number of hydrogen-bond donors (Lipinski definition) is 1. The van der Waals surface area contributed by atoms with Gasteiger partial charge in [-0.2, -0.15) is 4.31 Å². The normalized spacial score (nSPS) is 17.0. The monoisotopic (exact) mass is 297 g/mol. The third-order valence-corrected chi connectivity index (χ3v) is 6.08. The molecule has 4 nitrogen and oxygen atoms in total. The standard InChI is InChI=1S/C15H23NO3S/c1-12-7-8-13(2)15(11-12)20(18,19)16(9-10-17)14-5-3-4-6-14/h7-8,11,14,17H,3-6,9-10H2,1-2H3. The number of aliphatic hydroxyl groups is 1. The van der Waals surface area contributed by atoms with Crippen LogP contribution < -0.4 is 0 Å². The molecular weight excluding hydrogens is 274 g/mol. The Morgan fingerprint density at radius 1 is 1.25 bits per heavy atom. The molecule has 0 heterocycles. The Labute approximate surface area is 121 Å². The fourth-order valence-electron chi connectivity index (χ4n) is 2.90. The fraction of sp³-hybridized carbons (Fsp3) is 0.600. The molecule has 1 aliphatic carbocycles. The zero-order valence-electron chi connectivity index (χ0n) is 12.2. The van der Waals surface area contributed by atoms with Gasteiger partial charge in [0.25, 0.3) is 0 Å². The van der Waals surface area contributed by atoms with E-state index in [9.17, 15) is 13.5 Å². The van der Waals surface area contributed by atoms with E-state index < -0.39 is 10.0 Å². The Bertz CT molecular complexity index is 562. The van der Waals surface area contributed by atoms with Crippen LogP contribution in [0.15, 0.2) is 23.1 Å². The molecule has 1 fully saturated rings. The SMILES string of the molecule is Cc1ccc(C)c(S(=O)(=O)N(CCO)C2CCCC2)c1. The third-order valence-electron chi connectivity index (χ3n) is 3.98. The molecule has 0 spiro atoms. The largest absolute Gasteiger partial charge is 0.395 e.